The molecule has 15 heavy (non-hydrogen) atoms. The lowest BCUT2D eigenvalue weighted by Gasteiger charge is -2.21. The molecule has 0 saturated carbocycles. The summed E-state index contributed by atoms with van der Waals surface area (Å²) in [5.41, 5.74) is 0. The number of hydrogen-bond acceptors (Lipinski definition) is 3. The molecule has 0 atom stereocenters. The topological polar surface area (TPSA) is 44.4 Å². The van der Waals surface area contributed by atoms with Crippen LogP contribution in [0.3, 0.4) is 0 Å². The SMILES string of the molecule is C=CC(=O)NCCC.CN1CCNCC1. The van der Waals surface area contributed by atoms with Gasteiger partial charge in [-0.3, -0.25) is 4.79 Å². The number of carbonyl (C=O) groups is 1. The van der Waals surface area contributed by atoms with Crippen molar-refractivity contribution in [2.75, 3.05) is 39.8 Å². The Morgan fingerprint density at radius 2 is 2.13 bits per heavy atom. The maximum absolute atomic E-state index is 10.3. The number of rotatable bonds is 3. The van der Waals surface area contributed by atoms with Crippen LogP contribution in [0.15, 0.2) is 12.7 Å². The van der Waals surface area contributed by atoms with Gasteiger partial charge in [0.2, 0.25) is 5.91 Å². The molecule has 0 spiro atoms. The molecule has 88 valence electrons. The Hall–Kier alpha value is -0.870. The zero-order valence-corrected chi connectivity index (χ0v) is 9.88. The van der Waals surface area contributed by atoms with Gasteiger partial charge in [-0.05, 0) is 19.5 Å². The van der Waals surface area contributed by atoms with E-state index in [1.807, 2.05) is 6.92 Å². The second-order valence-electron chi connectivity index (χ2n) is 3.55. The van der Waals surface area contributed by atoms with Gasteiger partial charge < -0.3 is 15.5 Å². The molecule has 4 nitrogen and oxygen atoms in total. The van der Waals surface area contributed by atoms with Crippen molar-refractivity contribution >= 4 is 5.91 Å². The summed E-state index contributed by atoms with van der Waals surface area (Å²) in [4.78, 5) is 12.7. The Labute approximate surface area is 92.7 Å². The number of amides is 1. The van der Waals surface area contributed by atoms with E-state index >= 15 is 0 Å². The summed E-state index contributed by atoms with van der Waals surface area (Å²) < 4.78 is 0. The molecule has 0 bridgehead atoms. The molecule has 0 aromatic heterocycles. The molecule has 1 aliphatic heterocycles. The summed E-state index contributed by atoms with van der Waals surface area (Å²) >= 11 is 0. The van der Waals surface area contributed by atoms with E-state index in [9.17, 15) is 4.79 Å². The minimum atomic E-state index is -0.0909. The Balaban J connectivity index is 0.000000262. The molecule has 0 unspecified atom stereocenters. The number of nitrogens with zero attached hydrogens (tertiary/aromatic N) is 1. The van der Waals surface area contributed by atoms with Crippen LogP contribution in [0.5, 0.6) is 0 Å². The zero-order chi connectivity index (χ0) is 11.5. The smallest absolute Gasteiger partial charge is 0.243 e. The van der Waals surface area contributed by atoms with Gasteiger partial charge in [0.05, 0.1) is 0 Å². The molecule has 1 aliphatic rings. The fraction of sp³-hybridized carbons (Fsp3) is 0.727. The highest BCUT2D eigenvalue weighted by molar-refractivity contribution is 5.86. The standard InChI is InChI=1S/C6H11NO.C5H12N2/c1-3-5-7-6(8)4-2;1-7-4-2-6-3-5-7/h4H,2-3,5H2,1H3,(H,7,8);6H,2-5H2,1H3. The highest BCUT2D eigenvalue weighted by atomic mass is 16.1. The van der Waals surface area contributed by atoms with Crippen molar-refractivity contribution in [1.29, 1.82) is 0 Å². The second kappa shape index (κ2) is 9.68. The first kappa shape index (κ1) is 14.1. The Kier molecular flexibility index (Phi) is 9.11. The fourth-order valence-electron chi connectivity index (χ4n) is 1.10. The van der Waals surface area contributed by atoms with Crippen LogP contribution < -0.4 is 10.6 Å². The molecule has 1 saturated heterocycles. The van der Waals surface area contributed by atoms with Crippen LogP contribution >= 0.6 is 0 Å². The van der Waals surface area contributed by atoms with Crippen molar-refractivity contribution in [1.82, 2.24) is 15.5 Å². The van der Waals surface area contributed by atoms with Crippen LogP contribution in [0.25, 0.3) is 0 Å². The van der Waals surface area contributed by atoms with Gasteiger partial charge in [-0.15, -0.1) is 0 Å². The van der Waals surface area contributed by atoms with E-state index in [-0.39, 0.29) is 5.91 Å². The molecular weight excluding hydrogens is 190 g/mol. The molecule has 4 heteroatoms. The lowest BCUT2D eigenvalue weighted by Crippen LogP contribution is -2.40. The predicted molar refractivity (Wildman–Crippen MR) is 63.9 cm³/mol. The first-order chi connectivity index (χ1) is 7.20. The average molecular weight is 213 g/mol. The highest BCUT2D eigenvalue weighted by Crippen LogP contribution is 1.83. The van der Waals surface area contributed by atoms with Gasteiger partial charge in [0.25, 0.3) is 0 Å². The van der Waals surface area contributed by atoms with Gasteiger partial charge in [0.15, 0.2) is 0 Å². The maximum atomic E-state index is 10.3. The molecule has 0 aromatic rings. The van der Waals surface area contributed by atoms with E-state index in [1.165, 1.54) is 19.2 Å². The third-order valence-electron chi connectivity index (χ3n) is 2.08. The summed E-state index contributed by atoms with van der Waals surface area (Å²) in [5.74, 6) is -0.0909. The van der Waals surface area contributed by atoms with Crippen molar-refractivity contribution < 1.29 is 4.79 Å². The molecule has 0 aliphatic carbocycles. The summed E-state index contributed by atoms with van der Waals surface area (Å²) in [5, 5.41) is 5.90. The number of carbonyl (C=O) groups excluding carboxylic acids is 1. The fourth-order valence-corrected chi connectivity index (χ4v) is 1.10. The summed E-state index contributed by atoms with van der Waals surface area (Å²) in [6, 6.07) is 0. The van der Waals surface area contributed by atoms with Gasteiger partial charge in [-0.1, -0.05) is 13.5 Å². The van der Waals surface area contributed by atoms with E-state index in [4.69, 9.17) is 0 Å². The van der Waals surface area contributed by atoms with Crippen LogP contribution in [0, 0.1) is 0 Å². The van der Waals surface area contributed by atoms with Gasteiger partial charge >= 0.3 is 0 Å². The third-order valence-corrected chi connectivity index (χ3v) is 2.08. The van der Waals surface area contributed by atoms with Crippen molar-refractivity contribution in [2.24, 2.45) is 0 Å². The molecule has 2 N–H and O–H groups in total. The summed E-state index contributed by atoms with van der Waals surface area (Å²) in [6.07, 6.45) is 2.25. The largest absolute Gasteiger partial charge is 0.353 e. The van der Waals surface area contributed by atoms with Crippen LogP contribution in [-0.4, -0.2) is 50.6 Å². The Morgan fingerprint density at radius 3 is 2.47 bits per heavy atom. The molecule has 1 amide bonds. The van der Waals surface area contributed by atoms with Gasteiger partial charge in [-0.25, -0.2) is 0 Å². The monoisotopic (exact) mass is 213 g/mol. The molecular formula is C11H23N3O. The van der Waals surface area contributed by atoms with Gasteiger partial charge in [-0.2, -0.15) is 0 Å². The molecule has 1 fully saturated rings. The maximum Gasteiger partial charge on any atom is 0.243 e. The number of piperazine rings is 1. The first-order valence-corrected chi connectivity index (χ1v) is 5.50. The number of hydrogen-bond donors (Lipinski definition) is 2. The van der Waals surface area contributed by atoms with Crippen LogP contribution in [0.4, 0.5) is 0 Å². The van der Waals surface area contributed by atoms with E-state index < -0.39 is 0 Å². The lowest BCUT2D eigenvalue weighted by molar-refractivity contribution is -0.116. The van der Waals surface area contributed by atoms with E-state index in [0.717, 1.165) is 26.1 Å². The zero-order valence-electron chi connectivity index (χ0n) is 9.88. The predicted octanol–water partition coefficient (Wildman–Crippen LogP) is 0.220. The molecule has 0 radical (unpaired) electrons. The highest BCUT2D eigenvalue weighted by Gasteiger charge is 2.01. The van der Waals surface area contributed by atoms with Crippen LogP contribution in [0.1, 0.15) is 13.3 Å². The van der Waals surface area contributed by atoms with Gasteiger partial charge in [0.1, 0.15) is 0 Å². The molecule has 1 heterocycles. The van der Waals surface area contributed by atoms with Crippen molar-refractivity contribution in [2.45, 2.75) is 13.3 Å². The summed E-state index contributed by atoms with van der Waals surface area (Å²) in [6.45, 7) is 10.8. The van der Waals surface area contributed by atoms with E-state index in [0.29, 0.717) is 0 Å². The third kappa shape index (κ3) is 9.43. The lowest BCUT2D eigenvalue weighted by atomic mass is 10.4. The Morgan fingerprint density at radius 1 is 1.53 bits per heavy atom. The van der Waals surface area contributed by atoms with Crippen molar-refractivity contribution in [3.8, 4) is 0 Å². The minimum absolute atomic E-state index is 0.0909. The van der Waals surface area contributed by atoms with Crippen LogP contribution in [-0.2, 0) is 4.79 Å². The van der Waals surface area contributed by atoms with E-state index in [2.05, 4.69) is 29.2 Å². The normalized spacial score (nSPS) is 16.1. The van der Waals surface area contributed by atoms with Gasteiger partial charge in [0, 0.05) is 32.7 Å². The molecule has 1 rings (SSSR count). The molecule has 0 aromatic carbocycles. The quantitative estimate of drug-likeness (QED) is 0.659. The second-order valence-corrected chi connectivity index (χ2v) is 3.55. The van der Waals surface area contributed by atoms with E-state index in [1.54, 1.807) is 0 Å². The van der Waals surface area contributed by atoms with Crippen LogP contribution in [0.2, 0.25) is 0 Å². The minimum Gasteiger partial charge on any atom is -0.353 e. The summed E-state index contributed by atoms with van der Waals surface area (Å²) in [7, 11) is 2.15. The number of nitrogens with one attached hydrogen (secondary N) is 2. The Bertz CT molecular complexity index is 177. The first-order valence-electron chi connectivity index (χ1n) is 5.50. The van der Waals surface area contributed by atoms with Crippen molar-refractivity contribution in [3.05, 3.63) is 12.7 Å². The average Bonchev–Trinajstić information content (AvgIpc) is 2.28. The van der Waals surface area contributed by atoms with Crippen molar-refractivity contribution in [3.63, 3.8) is 0 Å². The number of likely N-dealkylation sites (N-methyl/N-ethyl adjacent to an activating group) is 1.